The second kappa shape index (κ2) is 6.38. The molecule has 0 aromatic rings. The van der Waals surface area contributed by atoms with Gasteiger partial charge in [0, 0.05) is 6.04 Å². The molecule has 2 unspecified atom stereocenters. The van der Waals surface area contributed by atoms with E-state index in [-0.39, 0.29) is 11.3 Å². The molecule has 2 atom stereocenters. The highest BCUT2D eigenvalue weighted by molar-refractivity contribution is 7.92. The average molecular weight is 273 g/mol. The molecule has 2 aliphatic rings. The summed E-state index contributed by atoms with van der Waals surface area (Å²) in [5.41, 5.74) is 0. The summed E-state index contributed by atoms with van der Waals surface area (Å²) in [5.74, 6) is 1.30. The summed E-state index contributed by atoms with van der Waals surface area (Å²) in [6.45, 7) is 3.08. The fourth-order valence-electron chi connectivity index (χ4n) is 3.00. The van der Waals surface area contributed by atoms with Gasteiger partial charge in [-0.1, -0.05) is 26.2 Å². The minimum atomic E-state index is -2.84. The van der Waals surface area contributed by atoms with E-state index in [1.54, 1.807) is 0 Å². The van der Waals surface area contributed by atoms with Crippen LogP contribution in [0.25, 0.3) is 0 Å². The molecule has 0 spiro atoms. The van der Waals surface area contributed by atoms with Gasteiger partial charge < -0.3 is 5.32 Å². The molecule has 1 aliphatic heterocycles. The fraction of sp³-hybridized carbons (Fsp3) is 1.00. The molecule has 0 aromatic heterocycles. The highest BCUT2D eigenvalue weighted by Crippen LogP contribution is 2.35. The van der Waals surface area contributed by atoms with Crippen molar-refractivity contribution < 1.29 is 8.42 Å². The van der Waals surface area contributed by atoms with E-state index in [4.69, 9.17) is 0 Å². The van der Waals surface area contributed by atoms with Crippen LogP contribution in [-0.2, 0) is 9.84 Å². The van der Waals surface area contributed by atoms with Crippen molar-refractivity contribution in [2.45, 2.75) is 69.6 Å². The van der Waals surface area contributed by atoms with Gasteiger partial charge in [0.15, 0.2) is 9.84 Å². The normalized spacial score (nSPS) is 29.1. The molecule has 2 fully saturated rings. The number of nitrogens with one attached hydrogen (secondary N) is 1. The van der Waals surface area contributed by atoms with Crippen molar-refractivity contribution in [3.05, 3.63) is 0 Å². The Balaban J connectivity index is 1.95. The lowest BCUT2D eigenvalue weighted by Crippen LogP contribution is -2.47. The molecule has 18 heavy (non-hydrogen) atoms. The maximum Gasteiger partial charge on any atom is 0.154 e. The van der Waals surface area contributed by atoms with Gasteiger partial charge in [-0.05, 0) is 44.6 Å². The highest BCUT2D eigenvalue weighted by atomic mass is 32.2. The van der Waals surface area contributed by atoms with E-state index in [9.17, 15) is 8.42 Å². The molecular weight excluding hydrogens is 246 g/mol. The molecule has 1 saturated heterocycles. The Morgan fingerprint density at radius 3 is 2.61 bits per heavy atom. The third-order valence-electron chi connectivity index (χ3n) is 4.32. The van der Waals surface area contributed by atoms with Crippen LogP contribution in [0.5, 0.6) is 0 Å². The molecule has 106 valence electrons. The van der Waals surface area contributed by atoms with Crippen molar-refractivity contribution in [1.29, 1.82) is 0 Å². The molecule has 1 heterocycles. The number of sulfone groups is 1. The van der Waals surface area contributed by atoms with Gasteiger partial charge >= 0.3 is 0 Å². The quantitative estimate of drug-likeness (QED) is 0.775. The van der Waals surface area contributed by atoms with E-state index in [0.29, 0.717) is 5.75 Å². The molecule has 1 aliphatic carbocycles. The van der Waals surface area contributed by atoms with Crippen LogP contribution in [0.15, 0.2) is 0 Å². The lowest BCUT2D eigenvalue weighted by molar-refractivity contribution is 0.402. The van der Waals surface area contributed by atoms with Gasteiger partial charge in [-0.25, -0.2) is 8.42 Å². The van der Waals surface area contributed by atoms with Crippen LogP contribution >= 0.6 is 0 Å². The Kier molecular flexibility index (Phi) is 5.07. The predicted molar refractivity (Wildman–Crippen MR) is 75.5 cm³/mol. The summed E-state index contributed by atoms with van der Waals surface area (Å²) >= 11 is 0. The van der Waals surface area contributed by atoms with Crippen molar-refractivity contribution in [2.75, 3.05) is 12.3 Å². The third-order valence-corrected chi connectivity index (χ3v) is 6.66. The Hall–Kier alpha value is -0.0900. The van der Waals surface area contributed by atoms with Crippen LogP contribution in [0.2, 0.25) is 0 Å². The molecule has 4 heteroatoms. The zero-order chi connectivity index (χ0) is 13.0. The van der Waals surface area contributed by atoms with Gasteiger partial charge in [0.25, 0.3) is 0 Å². The molecule has 2 rings (SSSR count). The van der Waals surface area contributed by atoms with E-state index >= 15 is 0 Å². The molecule has 0 radical (unpaired) electrons. The number of hydrogen-bond acceptors (Lipinski definition) is 3. The molecule has 0 aromatic carbocycles. The van der Waals surface area contributed by atoms with Crippen molar-refractivity contribution in [3.63, 3.8) is 0 Å². The van der Waals surface area contributed by atoms with Crippen molar-refractivity contribution in [3.8, 4) is 0 Å². The van der Waals surface area contributed by atoms with E-state index in [0.717, 1.165) is 44.6 Å². The van der Waals surface area contributed by atoms with Crippen LogP contribution in [-0.4, -0.2) is 32.0 Å². The van der Waals surface area contributed by atoms with E-state index in [1.165, 1.54) is 19.3 Å². The summed E-state index contributed by atoms with van der Waals surface area (Å²) in [6, 6.07) is 0.204. The predicted octanol–water partition coefficient (Wildman–Crippen LogP) is 2.51. The second-order valence-electron chi connectivity index (χ2n) is 5.98. The number of rotatable bonds is 7. The Morgan fingerprint density at radius 1 is 1.22 bits per heavy atom. The van der Waals surface area contributed by atoms with E-state index < -0.39 is 9.84 Å². The summed E-state index contributed by atoms with van der Waals surface area (Å²) in [4.78, 5) is 0. The van der Waals surface area contributed by atoms with Gasteiger partial charge in [-0.15, -0.1) is 0 Å². The Morgan fingerprint density at radius 2 is 2.00 bits per heavy atom. The summed E-state index contributed by atoms with van der Waals surface area (Å²) < 4.78 is 24.4. The fourth-order valence-corrected chi connectivity index (χ4v) is 5.17. The summed E-state index contributed by atoms with van der Waals surface area (Å²) in [7, 11) is -2.84. The highest BCUT2D eigenvalue weighted by Gasteiger charge is 2.35. The standard InChI is InChI=1S/C14H27NO2S/c1-2-10-15-13(9-8-12-6-7-12)14-5-3-4-11-18(14,16)17/h12-15H,2-11H2,1H3. The molecule has 1 saturated carbocycles. The topological polar surface area (TPSA) is 46.2 Å². The van der Waals surface area contributed by atoms with Crippen LogP contribution in [0, 0.1) is 5.92 Å². The van der Waals surface area contributed by atoms with Crippen molar-refractivity contribution in [2.24, 2.45) is 5.92 Å². The largest absolute Gasteiger partial charge is 0.313 e. The molecule has 0 amide bonds. The number of hydrogen-bond donors (Lipinski definition) is 1. The van der Waals surface area contributed by atoms with Gasteiger partial charge in [0.05, 0.1) is 11.0 Å². The second-order valence-corrected chi connectivity index (χ2v) is 8.32. The maximum atomic E-state index is 12.2. The van der Waals surface area contributed by atoms with Crippen LogP contribution in [0.4, 0.5) is 0 Å². The first kappa shape index (κ1) is 14.3. The molecule has 0 bridgehead atoms. The Labute approximate surface area is 112 Å². The van der Waals surface area contributed by atoms with Crippen LogP contribution < -0.4 is 5.32 Å². The first-order valence-electron chi connectivity index (χ1n) is 7.58. The lowest BCUT2D eigenvalue weighted by atomic mass is 10.0. The first-order valence-corrected chi connectivity index (χ1v) is 9.30. The van der Waals surface area contributed by atoms with Crippen molar-refractivity contribution >= 4 is 9.84 Å². The Bertz CT molecular complexity index is 349. The lowest BCUT2D eigenvalue weighted by Gasteiger charge is -2.31. The maximum absolute atomic E-state index is 12.2. The molecule has 1 N–H and O–H groups in total. The van der Waals surface area contributed by atoms with Crippen LogP contribution in [0.3, 0.4) is 0 Å². The molecule has 3 nitrogen and oxygen atoms in total. The van der Waals surface area contributed by atoms with Gasteiger partial charge in [-0.2, -0.15) is 0 Å². The van der Waals surface area contributed by atoms with Gasteiger partial charge in [0.2, 0.25) is 0 Å². The van der Waals surface area contributed by atoms with Gasteiger partial charge in [-0.3, -0.25) is 0 Å². The zero-order valence-corrected chi connectivity index (χ0v) is 12.3. The SMILES string of the molecule is CCCNC(CCC1CC1)C1CCCCS1(=O)=O. The molecular formula is C14H27NO2S. The minimum absolute atomic E-state index is 0.114. The van der Waals surface area contributed by atoms with E-state index in [1.807, 2.05) is 0 Å². The minimum Gasteiger partial charge on any atom is -0.313 e. The third kappa shape index (κ3) is 3.95. The monoisotopic (exact) mass is 273 g/mol. The zero-order valence-electron chi connectivity index (χ0n) is 11.5. The van der Waals surface area contributed by atoms with Crippen molar-refractivity contribution in [1.82, 2.24) is 5.32 Å². The smallest absolute Gasteiger partial charge is 0.154 e. The van der Waals surface area contributed by atoms with E-state index in [2.05, 4.69) is 12.2 Å². The summed E-state index contributed by atoms with van der Waals surface area (Å²) in [5, 5.41) is 3.38. The first-order chi connectivity index (χ1) is 8.63. The summed E-state index contributed by atoms with van der Waals surface area (Å²) in [6.07, 6.45) is 8.87. The average Bonchev–Trinajstić information content (AvgIpc) is 3.14. The van der Waals surface area contributed by atoms with Gasteiger partial charge in [0.1, 0.15) is 0 Å². The van der Waals surface area contributed by atoms with Crippen LogP contribution in [0.1, 0.15) is 58.3 Å².